The van der Waals surface area contributed by atoms with E-state index < -0.39 is 0 Å². The fourth-order valence-electron chi connectivity index (χ4n) is 1.66. The third-order valence-electron chi connectivity index (χ3n) is 2.66. The van der Waals surface area contributed by atoms with Crippen molar-refractivity contribution >= 4 is 5.69 Å². The predicted molar refractivity (Wildman–Crippen MR) is 71.1 cm³/mol. The molecule has 0 spiro atoms. The maximum atomic E-state index is 5.34. The summed E-state index contributed by atoms with van der Waals surface area (Å²) in [7, 11) is 3.30. The van der Waals surface area contributed by atoms with Crippen molar-refractivity contribution in [1.82, 2.24) is 4.98 Å². The molecular weight excluding hydrogens is 228 g/mol. The van der Waals surface area contributed by atoms with Crippen LogP contribution < -0.4 is 14.8 Å². The molecule has 0 aliphatic carbocycles. The second kappa shape index (κ2) is 5.91. The van der Waals surface area contributed by atoms with Crippen LogP contribution in [0.3, 0.4) is 0 Å². The van der Waals surface area contributed by atoms with Crippen LogP contribution >= 0.6 is 0 Å². The van der Waals surface area contributed by atoms with Gasteiger partial charge in [0, 0.05) is 36.3 Å². The Morgan fingerprint density at radius 3 is 2.50 bits per heavy atom. The average molecular weight is 244 g/mol. The Bertz CT molecular complexity index is 500. The Kier molecular flexibility index (Phi) is 4.02. The molecule has 1 aromatic carbocycles. The van der Waals surface area contributed by atoms with E-state index in [2.05, 4.69) is 10.3 Å². The zero-order valence-corrected chi connectivity index (χ0v) is 10.5. The highest BCUT2D eigenvalue weighted by Crippen LogP contribution is 2.25. The van der Waals surface area contributed by atoms with E-state index in [9.17, 15) is 0 Å². The van der Waals surface area contributed by atoms with Gasteiger partial charge in [-0.1, -0.05) is 0 Å². The lowest BCUT2D eigenvalue weighted by Gasteiger charge is -2.11. The van der Waals surface area contributed by atoms with Crippen LogP contribution in [0.4, 0.5) is 5.69 Å². The Hall–Kier alpha value is -2.23. The Morgan fingerprint density at radius 2 is 1.83 bits per heavy atom. The number of hydrogen-bond acceptors (Lipinski definition) is 4. The molecule has 1 aromatic heterocycles. The van der Waals surface area contributed by atoms with Gasteiger partial charge in [0.15, 0.2) is 0 Å². The van der Waals surface area contributed by atoms with Gasteiger partial charge in [0.25, 0.3) is 0 Å². The van der Waals surface area contributed by atoms with E-state index in [0.717, 1.165) is 22.7 Å². The number of ether oxygens (including phenoxy) is 2. The number of rotatable bonds is 5. The van der Waals surface area contributed by atoms with Gasteiger partial charge in [0.1, 0.15) is 11.5 Å². The Labute approximate surface area is 107 Å². The normalized spacial score (nSPS) is 9.89. The van der Waals surface area contributed by atoms with Gasteiger partial charge in [-0.05, 0) is 24.3 Å². The van der Waals surface area contributed by atoms with Crippen molar-refractivity contribution in [3.05, 3.63) is 48.3 Å². The minimum Gasteiger partial charge on any atom is -0.497 e. The molecule has 0 saturated carbocycles. The summed E-state index contributed by atoms with van der Waals surface area (Å²) in [6.07, 6.45) is 3.52. The van der Waals surface area contributed by atoms with Crippen molar-refractivity contribution in [2.24, 2.45) is 0 Å². The lowest BCUT2D eigenvalue weighted by Crippen LogP contribution is -2.02. The molecule has 4 heteroatoms. The summed E-state index contributed by atoms with van der Waals surface area (Å²) < 4.78 is 10.5. The van der Waals surface area contributed by atoms with Gasteiger partial charge >= 0.3 is 0 Å². The molecule has 1 heterocycles. The smallest absolute Gasteiger partial charge is 0.127 e. The first-order valence-corrected chi connectivity index (χ1v) is 5.68. The number of benzene rings is 1. The van der Waals surface area contributed by atoms with Crippen LogP contribution in [0.1, 0.15) is 5.56 Å². The summed E-state index contributed by atoms with van der Waals surface area (Å²) in [5.74, 6) is 1.61. The zero-order chi connectivity index (χ0) is 12.8. The number of pyridine rings is 1. The minimum absolute atomic E-state index is 0.692. The molecule has 0 fully saturated rings. The molecule has 2 aromatic rings. The van der Waals surface area contributed by atoms with Gasteiger partial charge in [0.05, 0.1) is 14.2 Å². The Balaban J connectivity index is 2.09. The van der Waals surface area contributed by atoms with E-state index in [1.807, 2.05) is 30.3 Å². The summed E-state index contributed by atoms with van der Waals surface area (Å²) in [6, 6.07) is 9.65. The monoisotopic (exact) mass is 244 g/mol. The van der Waals surface area contributed by atoms with Crippen molar-refractivity contribution in [3.8, 4) is 11.5 Å². The maximum absolute atomic E-state index is 5.34. The minimum atomic E-state index is 0.692. The summed E-state index contributed by atoms with van der Waals surface area (Å²) in [5.41, 5.74) is 2.11. The van der Waals surface area contributed by atoms with Gasteiger partial charge in [-0.2, -0.15) is 0 Å². The molecule has 94 valence electrons. The van der Waals surface area contributed by atoms with Crippen LogP contribution in [-0.4, -0.2) is 19.2 Å². The largest absolute Gasteiger partial charge is 0.497 e. The molecule has 4 nitrogen and oxygen atoms in total. The van der Waals surface area contributed by atoms with Crippen LogP contribution in [-0.2, 0) is 6.54 Å². The molecule has 18 heavy (non-hydrogen) atoms. The van der Waals surface area contributed by atoms with Crippen LogP contribution in [0, 0.1) is 0 Å². The molecule has 0 aliphatic heterocycles. The van der Waals surface area contributed by atoms with Crippen molar-refractivity contribution < 1.29 is 9.47 Å². The molecule has 0 aliphatic rings. The fourth-order valence-corrected chi connectivity index (χ4v) is 1.66. The van der Waals surface area contributed by atoms with Crippen LogP contribution in [0.25, 0.3) is 0 Å². The molecular formula is C14H16N2O2. The van der Waals surface area contributed by atoms with Crippen LogP contribution in [0.15, 0.2) is 42.7 Å². The number of methoxy groups -OCH3 is 2. The molecule has 1 N–H and O–H groups in total. The van der Waals surface area contributed by atoms with Crippen LogP contribution in [0.2, 0.25) is 0 Å². The molecule has 2 rings (SSSR count). The summed E-state index contributed by atoms with van der Waals surface area (Å²) >= 11 is 0. The van der Waals surface area contributed by atoms with E-state index in [1.54, 1.807) is 26.6 Å². The SMILES string of the molecule is COc1ccc(CNc2ccncc2)c(OC)c1. The average Bonchev–Trinajstić information content (AvgIpc) is 2.46. The van der Waals surface area contributed by atoms with Crippen molar-refractivity contribution in [2.75, 3.05) is 19.5 Å². The number of aromatic nitrogens is 1. The van der Waals surface area contributed by atoms with Gasteiger partial charge in [-0.25, -0.2) is 0 Å². The summed E-state index contributed by atoms with van der Waals surface area (Å²) in [4.78, 5) is 3.98. The first-order chi connectivity index (χ1) is 8.83. The van der Waals surface area contributed by atoms with Crippen molar-refractivity contribution in [2.45, 2.75) is 6.54 Å². The molecule has 0 unspecified atom stereocenters. The lowest BCUT2D eigenvalue weighted by molar-refractivity contribution is 0.391. The summed E-state index contributed by atoms with van der Waals surface area (Å²) in [6.45, 7) is 0.692. The number of nitrogens with one attached hydrogen (secondary N) is 1. The molecule has 0 amide bonds. The van der Waals surface area contributed by atoms with Crippen LogP contribution in [0.5, 0.6) is 11.5 Å². The standard InChI is InChI=1S/C14H16N2O2/c1-17-13-4-3-11(14(9-13)18-2)10-16-12-5-7-15-8-6-12/h3-9H,10H2,1-2H3,(H,15,16). The van der Waals surface area contributed by atoms with E-state index in [-0.39, 0.29) is 0 Å². The highest BCUT2D eigenvalue weighted by atomic mass is 16.5. The predicted octanol–water partition coefficient (Wildman–Crippen LogP) is 2.71. The molecule has 0 radical (unpaired) electrons. The first kappa shape index (κ1) is 12.2. The molecule has 0 saturated heterocycles. The zero-order valence-electron chi connectivity index (χ0n) is 10.5. The third kappa shape index (κ3) is 2.91. The Morgan fingerprint density at radius 1 is 1.06 bits per heavy atom. The topological polar surface area (TPSA) is 43.4 Å². The van der Waals surface area contributed by atoms with E-state index in [4.69, 9.17) is 9.47 Å². The van der Waals surface area contributed by atoms with E-state index in [0.29, 0.717) is 6.54 Å². The lowest BCUT2D eigenvalue weighted by atomic mass is 10.2. The van der Waals surface area contributed by atoms with Gasteiger partial charge < -0.3 is 14.8 Å². The van der Waals surface area contributed by atoms with E-state index in [1.165, 1.54) is 0 Å². The van der Waals surface area contributed by atoms with Gasteiger partial charge in [-0.3, -0.25) is 4.98 Å². The number of anilines is 1. The van der Waals surface area contributed by atoms with Gasteiger partial charge in [0.2, 0.25) is 0 Å². The number of nitrogens with zero attached hydrogens (tertiary/aromatic N) is 1. The highest BCUT2D eigenvalue weighted by Gasteiger charge is 2.04. The number of hydrogen-bond donors (Lipinski definition) is 1. The van der Waals surface area contributed by atoms with E-state index >= 15 is 0 Å². The second-order valence-corrected chi connectivity index (χ2v) is 3.77. The third-order valence-corrected chi connectivity index (χ3v) is 2.66. The second-order valence-electron chi connectivity index (χ2n) is 3.77. The summed E-state index contributed by atoms with van der Waals surface area (Å²) in [5, 5.41) is 3.31. The molecule has 0 atom stereocenters. The molecule has 0 bridgehead atoms. The van der Waals surface area contributed by atoms with Gasteiger partial charge in [-0.15, -0.1) is 0 Å². The maximum Gasteiger partial charge on any atom is 0.127 e. The fraction of sp³-hybridized carbons (Fsp3) is 0.214. The van der Waals surface area contributed by atoms with Crippen molar-refractivity contribution in [3.63, 3.8) is 0 Å². The van der Waals surface area contributed by atoms with Crippen molar-refractivity contribution in [1.29, 1.82) is 0 Å². The quantitative estimate of drug-likeness (QED) is 0.878. The highest BCUT2D eigenvalue weighted by molar-refractivity contribution is 5.46. The first-order valence-electron chi connectivity index (χ1n) is 5.68.